The molecule has 0 aliphatic rings. The number of nitrogens with two attached hydrogens (primary N) is 1. The summed E-state index contributed by atoms with van der Waals surface area (Å²) in [6, 6.07) is 10.8. The molecule has 1 heterocycles. The molecule has 5 nitrogen and oxygen atoms in total. The van der Waals surface area contributed by atoms with Crippen LogP contribution in [0, 0.1) is 0 Å². The van der Waals surface area contributed by atoms with Crippen LogP contribution in [0.3, 0.4) is 0 Å². The van der Waals surface area contributed by atoms with Crippen LogP contribution in [-0.4, -0.2) is 15.9 Å². The number of benzene rings is 1. The quantitative estimate of drug-likeness (QED) is 0.805. The summed E-state index contributed by atoms with van der Waals surface area (Å²) < 4.78 is 5.08. The van der Waals surface area contributed by atoms with E-state index in [1.165, 1.54) is 12.4 Å². The molecule has 0 aliphatic carbocycles. The molecular weight excluding hydrogens is 218 g/mol. The Labute approximate surface area is 98.3 Å². The van der Waals surface area contributed by atoms with Gasteiger partial charge >= 0.3 is 5.97 Å². The van der Waals surface area contributed by atoms with E-state index in [4.69, 9.17) is 10.5 Å². The number of hydrogen-bond acceptors (Lipinski definition) is 5. The second-order valence-electron chi connectivity index (χ2n) is 3.39. The minimum atomic E-state index is -0.511. The maximum absolute atomic E-state index is 11.6. The molecule has 1 aromatic heterocycles. The normalized spacial score (nSPS) is 9.88. The van der Waals surface area contributed by atoms with Crippen molar-refractivity contribution in [2.24, 2.45) is 0 Å². The van der Waals surface area contributed by atoms with Gasteiger partial charge in [0.2, 0.25) is 0 Å². The van der Waals surface area contributed by atoms with Crippen LogP contribution < -0.4 is 5.73 Å². The van der Waals surface area contributed by atoms with E-state index in [2.05, 4.69) is 9.97 Å². The zero-order valence-electron chi connectivity index (χ0n) is 9.04. The van der Waals surface area contributed by atoms with Gasteiger partial charge in [0.25, 0.3) is 0 Å². The summed E-state index contributed by atoms with van der Waals surface area (Å²) in [5, 5.41) is 0. The standard InChI is InChI=1S/C12H11N3O2/c13-11-6-10(14-8-15-11)12(16)17-7-9-4-2-1-3-5-9/h1-6,8H,7H2,(H2,13,14,15). The first kappa shape index (κ1) is 11.1. The number of carbonyl (C=O) groups is 1. The van der Waals surface area contributed by atoms with Crippen LogP contribution in [-0.2, 0) is 11.3 Å². The molecule has 0 bridgehead atoms. The third-order valence-electron chi connectivity index (χ3n) is 2.11. The summed E-state index contributed by atoms with van der Waals surface area (Å²) in [7, 11) is 0. The van der Waals surface area contributed by atoms with Crippen LogP contribution in [0.2, 0.25) is 0 Å². The van der Waals surface area contributed by atoms with Gasteiger partial charge in [-0.3, -0.25) is 0 Å². The second-order valence-corrected chi connectivity index (χ2v) is 3.39. The van der Waals surface area contributed by atoms with Gasteiger partial charge < -0.3 is 10.5 Å². The predicted octanol–water partition coefficient (Wildman–Crippen LogP) is 1.42. The number of rotatable bonds is 3. The maximum Gasteiger partial charge on any atom is 0.357 e. The fourth-order valence-corrected chi connectivity index (χ4v) is 1.28. The summed E-state index contributed by atoms with van der Waals surface area (Å²) in [5.74, 6) is -0.269. The molecule has 0 amide bonds. The number of nitrogens with zero attached hydrogens (tertiary/aromatic N) is 2. The molecule has 2 rings (SSSR count). The highest BCUT2D eigenvalue weighted by atomic mass is 16.5. The number of anilines is 1. The van der Waals surface area contributed by atoms with Crippen LogP contribution in [0.4, 0.5) is 5.82 Å². The molecule has 0 radical (unpaired) electrons. The first-order valence-electron chi connectivity index (χ1n) is 5.04. The molecule has 0 unspecified atom stereocenters. The van der Waals surface area contributed by atoms with Gasteiger partial charge in [0.05, 0.1) is 0 Å². The van der Waals surface area contributed by atoms with Crippen molar-refractivity contribution >= 4 is 11.8 Å². The molecule has 2 aromatic rings. The lowest BCUT2D eigenvalue weighted by atomic mass is 10.2. The fraction of sp³-hybridized carbons (Fsp3) is 0.0833. The van der Waals surface area contributed by atoms with Crippen LogP contribution in [0.15, 0.2) is 42.7 Å². The van der Waals surface area contributed by atoms with Crippen molar-refractivity contribution < 1.29 is 9.53 Å². The van der Waals surface area contributed by atoms with E-state index < -0.39 is 5.97 Å². The van der Waals surface area contributed by atoms with Crippen LogP contribution in [0.25, 0.3) is 0 Å². The SMILES string of the molecule is Nc1cc(C(=O)OCc2ccccc2)ncn1. The monoisotopic (exact) mass is 229 g/mol. The van der Waals surface area contributed by atoms with Crippen molar-refractivity contribution in [3.05, 3.63) is 54.0 Å². The number of nitrogen functional groups attached to an aromatic ring is 1. The molecule has 0 fully saturated rings. The van der Waals surface area contributed by atoms with Gasteiger partial charge in [-0.1, -0.05) is 30.3 Å². The first-order chi connectivity index (χ1) is 8.25. The largest absolute Gasteiger partial charge is 0.456 e. The molecule has 0 saturated carbocycles. The lowest BCUT2D eigenvalue weighted by molar-refractivity contribution is 0.0465. The Kier molecular flexibility index (Phi) is 3.30. The van der Waals surface area contributed by atoms with Crippen molar-refractivity contribution in [1.82, 2.24) is 9.97 Å². The smallest absolute Gasteiger partial charge is 0.357 e. The number of hydrogen-bond donors (Lipinski definition) is 1. The van der Waals surface area contributed by atoms with E-state index in [0.717, 1.165) is 5.56 Å². The molecule has 0 aliphatic heterocycles. The Morgan fingerprint density at radius 1 is 1.24 bits per heavy atom. The molecule has 0 spiro atoms. The summed E-state index contributed by atoms with van der Waals surface area (Å²) >= 11 is 0. The summed E-state index contributed by atoms with van der Waals surface area (Å²) in [4.78, 5) is 19.1. The molecule has 5 heteroatoms. The molecule has 2 N–H and O–H groups in total. The van der Waals surface area contributed by atoms with Gasteiger partial charge in [-0.2, -0.15) is 0 Å². The van der Waals surface area contributed by atoms with Crippen molar-refractivity contribution in [2.75, 3.05) is 5.73 Å². The highest BCUT2D eigenvalue weighted by Crippen LogP contribution is 2.05. The zero-order chi connectivity index (χ0) is 12.1. The summed E-state index contributed by atoms with van der Waals surface area (Å²) in [6.45, 7) is 0.212. The number of aromatic nitrogens is 2. The third kappa shape index (κ3) is 3.01. The number of ether oxygens (including phenoxy) is 1. The van der Waals surface area contributed by atoms with Crippen molar-refractivity contribution in [2.45, 2.75) is 6.61 Å². The molecule has 86 valence electrons. The van der Waals surface area contributed by atoms with E-state index in [1.54, 1.807) is 0 Å². The molecule has 0 saturated heterocycles. The minimum absolute atomic E-state index is 0.161. The average Bonchev–Trinajstić information content (AvgIpc) is 2.37. The molecule has 1 aromatic carbocycles. The lowest BCUT2D eigenvalue weighted by Gasteiger charge is -2.04. The van der Waals surface area contributed by atoms with Crippen LogP contribution in [0.5, 0.6) is 0 Å². The summed E-state index contributed by atoms with van der Waals surface area (Å²) in [6.07, 6.45) is 1.23. The maximum atomic E-state index is 11.6. The van der Waals surface area contributed by atoms with Gasteiger partial charge in [-0.05, 0) is 5.56 Å². The van der Waals surface area contributed by atoms with Crippen LogP contribution >= 0.6 is 0 Å². The van der Waals surface area contributed by atoms with E-state index in [-0.39, 0.29) is 18.1 Å². The van der Waals surface area contributed by atoms with Gasteiger partial charge in [0, 0.05) is 6.07 Å². The van der Waals surface area contributed by atoms with Crippen molar-refractivity contribution in [3.8, 4) is 0 Å². The van der Waals surface area contributed by atoms with Crippen molar-refractivity contribution in [1.29, 1.82) is 0 Å². The average molecular weight is 229 g/mol. The Morgan fingerprint density at radius 2 is 2.00 bits per heavy atom. The highest BCUT2D eigenvalue weighted by molar-refractivity contribution is 5.87. The van der Waals surface area contributed by atoms with E-state index in [9.17, 15) is 4.79 Å². The van der Waals surface area contributed by atoms with E-state index in [1.807, 2.05) is 30.3 Å². The molecule has 0 atom stereocenters. The Hall–Kier alpha value is -2.43. The van der Waals surface area contributed by atoms with Crippen LogP contribution in [0.1, 0.15) is 16.1 Å². The number of carbonyl (C=O) groups excluding carboxylic acids is 1. The van der Waals surface area contributed by atoms with Gasteiger partial charge in [0.15, 0.2) is 5.69 Å². The Bertz CT molecular complexity index is 514. The Morgan fingerprint density at radius 3 is 2.71 bits per heavy atom. The Balaban J connectivity index is 1.98. The lowest BCUT2D eigenvalue weighted by Crippen LogP contribution is -2.08. The first-order valence-corrected chi connectivity index (χ1v) is 5.04. The minimum Gasteiger partial charge on any atom is -0.456 e. The third-order valence-corrected chi connectivity index (χ3v) is 2.11. The molecular formula is C12H11N3O2. The topological polar surface area (TPSA) is 78.1 Å². The number of esters is 1. The highest BCUT2D eigenvalue weighted by Gasteiger charge is 2.09. The fourth-order valence-electron chi connectivity index (χ4n) is 1.28. The summed E-state index contributed by atoms with van der Waals surface area (Å²) in [5.41, 5.74) is 6.52. The molecule has 17 heavy (non-hydrogen) atoms. The zero-order valence-corrected chi connectivity index (χ0v) is 9.04. The van der Waals surface area contributed by atoms with Gasteiger partial charge in [-0.25, -0.2) is 14.8 Å². The van der Waals surface area contributed by atoms with Gasteiger partial charge in [0.1, 0.15) is 18.8 Å². The predicted molar refractivity (Wildman–Crippen MR) is 62.0 cm³/mol. The van der Waals surface area contributed by atoms with Gasteiger partial charge in [-0.15, -0.1) is 0 Å². The van der Waals surface area contributed by atoms with Crippen molar-refractivity contribution in [3.63, 3.8) is 0 Å². The second kappa shape index (κ2) is 5.07. The van der Waals surface area contributed by atoms with E-state index in [0.29, 0.717) is 0 Å². The van der Waals surface area contributed by atoms with E-state index >= 15 is 0 Å².